The third-order valence-corrected chi connectivity index (χ3v) is 3.92. The number of H-pyrrole nitrogens is 1. The van der Waals surface area contributed by atoms with Gasteiger partial charge in [0, 0.05) is 9.75 Å². The Morgan fingerprint density at radius 2 is 2.25 bits per heavy atom. The van der Waals surface area contributed by atoms with Crippen LogP contribution in [0.4, 0.5) is 5.95 Å². The van der Waals surface area contributed by atoms with Gasteiger partial charge in [-0.05, 0) is 44.6 Å². The van der Waals surface area contributed by atoms with Gasteiger partial charge in [0.25, 0.3) is 0 Å². The summed E-state index contributed by atoms with van der Waals surface area (Å²) in [5.41, 5.74) is 7.05. The van der Waals surface area contributed by atoms with Crippen molar-refractivity contribution >= 4 is 29.5 Å². The molecule has 0 spiro atoms. The Hall–Kier alpha value is -1.14. The number of nitrogens with two attached hydrogens (primary N) is 1. The van der Waals surface area contributed by atoms with Crippen molar-refractivity contribution < 1.29 is 0 Å². The zero-order valence-corrected chi connectivity index (χ0v) is 11.1. The molecule has 86 valence electrons. The third kappa shape index (κ3) is 1.78. The van der Waals surface area contributed by atoms with Gasteiger partial charge in [-0.15, -0.1) is 16.4 Å². The van der Waals surface area contributed by atoms with E-state index in [2.05, 4.69) is 37.0 Å². The topological polar surface area (TPSA) is 59.6 Å². The van der Waals surface area contributed by atoms with E-state index in [1.807, 2.05) is 4.57 Å². The number of thiophene rings is 1. The molecule has 0 aliphatic heterocycles. The lowest BCUT2D eigenvalue weighted by Crippen LogP contribution is -2.10. The van der Waals surface area contributed by atoms with Gasteiger partial charge in [-0.1, -0.05) is 0 Å². The van der Waals surface area contributed by atoms with Crippen LogP contribution in [-0.2, 0) is 0 Å². The Labute approximate surface area is 103 Å². The maximum absolute atomic E-state index is 5.79. The molecular formula is C10H14N4S2. The van der Waals surface area contributed by atoms with Gasteiger partial charge in [-0.2, -0.15) is 0 Å². The van der Waals surface area contributed by atoms with Crippen molar-refractivity contribution in [3.63, 3.8) is 0 Å². The van der Waals surface area contributed by atoms with E-state index in [1.165, 1.54) is 15.3 Å². The number of nitrogen functional groups attached to an aromatic ring is 1. The second kappa shape index (κ2) is 4.03. The summed E-state index contributed by atoms with van der Waals surface area (Å²) in [6, 6.07) is 2.30. The van der Waals surface area contributed by atoms with Crippen LogP contribution in [0.3, 0.4) is 0 Å². The number of aromatic amines is 1. The van der Waals surface area contributed by atoms with Crippen LogP contribution in [0.15, 0.2) is 6.07 Å². The van der Waals surface area contributed by atoms with Crippen molar-refractivity contribution in [2.75, 3.05) is 5.73 Å². The molecule has 2 rings (SSSR count). The average Bonchev–Trinajstić information content (AvgIpc) is 2.70. The maximum atomic E-state index is 5.79. The highest BCUT2D eigenvalue weighted by molar-refractivity contribution is 7.71. The van der Waals surface area contributed by atoms with Crippen molar-refractivity contribution in [1.29, 1.82) is 0 Å². The summed E-state index contributed by atoms with van der Waals surface area (Å²) in [5, 5.41) is 6.63. The summed E-state index contributed by atoms with van der Waals surface area (Å²) in [6.07, 6.45) is 0. The minimum atomic E-state index is 0.121. The summed E-state index contributed by atoms with van der Waals surface area (Å²) < 4.78 is 2.40. The minimum absolute atomic E-state index is 0.121. The molecule has 1 atom stereocenters. The number of aryl methyl sites for hydroxylation is 2. The van der Waals surface area contributed by atoms with E-state index in [0.29, 0.717) is 10.7 Å². The van der Waals surface area contributed by atoms with Crippen LogP contribution >= 0.6 is 23.6 Å². The van der Waals surface area contributed by atoms with Crippen molar-refractivity contribution in [3.05, 3.63) is 26.2 Å². The first-order valence-electron chi connectivity index (χ1n) is 5.00. The second-order valence-electron chi connectivity index (χ2n) is 3.80. The summed E-state index contributed by atoms with van der Waals surface area (Å²) in [5.74, 6) is 0.431. The first kappa shape index (κ1) is 11.3. The predicted molar refractivity (Wildman–Crippen MR) is 69.4 cm³/mol. The zero-order chi connectivity index (χ0) is 11.9. The molecule has 0 amide bonds. The van der Waals surface area contributed by atoms with Gasteiger partial charge in [-0.25, -0.2) is 5.10 Å². The summed E-state index contributed by atoms with van der Waals surface area (Å²) >= 11 is 6.96. The van der Waals surface area contributed by atoms with Gasteiger partial charge in [0.15, 0.2) is 4.77 Å². The lowest BCUT2D eigenvalue weighted by Gasteiger charge is -2.13. The molecule has 0 bridgehead atoms. The Morgan fingerprint density at radius 1 is 1.56 bits per heavy atom. The molecule has 0 fully saturated rings. The molecule has 0 saturated heterocycles. The molecule has 0 aromatic carbocycles. The highest BCUT2D eigenvalue weighted by atomic mass is 32.1. The number of nitrogens with one attached hydrogen (secondary N) is 1. The maximum Gasteiger partial charge on any atom is 0.221 e. The highest BCUT2D eigenvalue weighted by Crippen LogP contribution is 2.29. The molecule has 4 nitrogen and oxygen atoms in total. The van der Waals surface area contributed by atoms with E-state index in [9.17, 15) is 0 Å². The predicted octanol–water partition coefficient (Wildman–Crippen LogP) is 2.81. The van der Waals surface area contributed by atoms with Crippen LogP contribution in [-0.4, -0.2) is 14.8 Å². The van der Waals surface area contributed by atoms with Crippen LogP contribution in [0.1, 0.15) is 28.3 Å². The molecule has 0 aliphatic rings. The number of aromatic nitrogens is 3. The zero-order valence-electron chi connectivity index (χ0n) is 9.44. The van der Waals surface area contributed by atoms with E-state index in [-0.39, 0.29) is 6.04 Å². The molecule has 2 aromatic heterocycles. The summed E-state index contributed by atoms with van der Waals surface area (Å²) in [7, 11) is 0. The highest BCUT2D eigenvalue weighted by Gasteiger charge is 2.16. The average molecular weight is 254 g/mol. The number of anilines is 1. The number of rotatable bonds is 2. The van der Waals surface area contributed by atoms with Crippen LogP contribution in [0, 0.1) is 18.6 Å². The lowest BCUT2D eigenvalue weighted by atomic mass is 10.1. The SMILES string of the molecule is Cc1cc(C(C)n2c(N)n[nH]c2=S)c(C)s1. The first-order valence-corrected chi connectivity index (χ1v) is 6.22. The summed E-state index contributed by atoms with van der Waals surface area (Å²) in [4.78, 5) is 2.60. The van der Waals surface area contributed by atoms with Crippen molar-refractivity contribution in [2.24, 2.45) is 0 Å². The number of hydrogen-bond donors (Lipinski definition) is 2. The normalized spacial score (nSPS) is 12.9. The monoisotopic (exact) mass is 254 g/mol. The molecule has 1 unspecified atom stereocenters. The van der Waals surface area contributed by atoms with Crippen LogP contribution in [0.5, 0.6) is 0 Å². The molecule has 6 heteroatoms. The van der Waals surface area contributed by atoms with Gasteiger partial charge in [0.2, 0.25) is 5.95 Å². The Kier molecular flexibility index (Phi) is 2.86. The quantitative estimate of drug-likeness (QED) is 0.810. The largest absolute Gasteiger partial charge is 0.368 e. The van der Waals surface area contributed by atoms with Crippen LogP contribution in [0.2, 0.25) is 0 Å². The Morgan fingerprint density at radius 3 is 2.69 bits per heavy atom. The molecule has 3 N–H and O–H groups in total. The fourth-order valence-corrected chi connectivity index (χ4v) is 3.21. The van der Waals surface area contributed by atoms with Gasteiger partial charge < -0.3 is 5.73 Å². The minimum Gasteiger partial charge on any atom is -0.368 e. The molecule has 0 saturated carbocycles. The van der Waals surface area contributed by atoms with Gasteiger partial charge in [-0.3, -0.25) is 4.57 Å². The van der Waals surface area contributed by atoms with Crippen molar-refractivity contribution in [2.45, 2.75) is 26.8 Å². The van der Waals surface area contributed by atoms with E-state index in [4.69, 9.17) is 18.0 Å². The third-order valence-electron chi connectivity index (χ3n) is 2.65. The smallest absolute Gasteiger partial charge is 0.221 e. The molecule has 0 aliphatic carbocycles. The number of hydrogen-bond acceptors (Lipinski definition) is 4. The van der Waals surface area contributed by atoms with Gasteiger partial charge >= 0.3 is 0 Å². The molecule has 2 heterocycles. The van der Waals surface area contributed by atoms with E-state index in [0.717, 1.165) is 0 Å². The molecule has 0 radical (unpaired) electrons. The first-order chi connectivity index (χ1) is 7.50. The fourth-order valence-electron chi connectivity index (χ4n) is 1.90. The Balaban J connectivity index is 2.51. The fraction of sp³-hybridized carbons (Fsp3) is 0.400. The van der Waals surface area contributed by atoms with Crippen LogP contribution in [0.25, 0.3) is 0 Å². The Bertz CT molecular complexity index is 564. The standard InChI is InChI=1S/C10H14N4S2/c1-5-4-8(7(3)16-5)6(2)14-9(11)12-13-10(14)15/h4,6H,1-3H3,(H2,11,12)(H,13,15). The molecular weight excluding hydrogens is 240 g/mol. The van der Waals surface area contributed by atoms with Crippen LogP contribution < -0.4 is 5.73 Å². The summed E-state index contributed by atoms with van der Waals surface area (Å²) in [6.45, 7) is 6.30. The van der Waals surface area contributed by atoms with Crippen molar-refractivity contribution in [3.8, 4) is 0 Å². The van der Waals surface area contributed by atoms with E-state index < -0.39 is 0 Å². The second-order valence-corrected chi connectivity index (χ2v) is 5.65. The van der Waals surface area contributed by atoms with E-state index >= 15 is 0 Å². The number of nitrogens with zero attached hydrogens (tertiary/aromatic N) is 2. The van der Waals surface area contributed by atoms with E-state index in [1.54, 1.807) is 11.3 Å². The molecule has 2 aromatic rings. The van der Waals surface area contributed by atoms with Crippen molar-refractivity contribution in [1.82, 2.24) is 14.8 Å². The lowest BCUT2D eigenvalue weighted by molar-refractivity contribution is 0.636. The molecule has 16 heavy (non-hydrogen) atoms. The van der Waals surface area contributed by atoms with Gasteiger partial charge in [0.05, 0.1) is 6.04 Å². The van der Waals surface area contributed by atoms with Gasteiger partial charge in [0.1, 0.15) is 0 Å².